The van der Waals surface area contributed by atoms with Crippen LogP contribution in [0.2, 0.25) is 0 Å². The predicted octanol–water partition coefficient (Wildman–Crippen LogP) is 3.96. The third-order valence-electron chi connectivity index (χ3n) is 3.04. The molecule has 106 valence electrons. The van der Waals surface area contributed by atoms with Gasteiger partial charge in [-0.15, -0.1) is 0 Å². The van der Waals surface area contributed by atoms with E-state index in [1.54, 1.807) is 6.20 Å². The fourth-order valence-corrected chi connectivity index (χ4v) is 3.33. The summed E-state index contributed by atoms with van der Waals surface area (Å²) < 4.78 is 2.95. The molecule has 0 aliphatic carbocycles. The van der Waals surface area contributed by atoms with Gasteiger partial charge in [0.1, 0.15) is 0 Å². The third-order valence-corrected chi connectivity index (χ3v) is 4.68. The standard InChI is InChI=1S/C15H11BrN2O2S/c16-12-5-6-13(11-4-2-1-3-10(11)12)18-8-7-17-15(18)21-9-14(19)20/h1-8H,9H2,(H,19,20). The summed E-state index contributed by atoms with van der Waals surface area (Å²) in [7, 11) is 0. The van der Waals surface area contributed by atoms with E-state index < -0.39 is 5.97 Å². The first-order valence-corrected chi connectivity index (χ1v) is 8.00. The van der Waals surface area contributed by atoms with E-state index in [0.29, 0.717) is 5.16 Å². The molecule has 0 fully saturated rings. The average molecular weight is 363 g/mol. The maximum absolute atomic E-state index is 10.7. The molecule has 4 nitrogen and oxygen atoms in total. The summed E-state index contributed by atoms with van der Waals surface area (Å²) in [4.78, 5) is 15.0. The van der Waals surface area contributed by atoms with E-state index >= 15 is 0 Å². The van der Waals surface area contributed by atoms with Crippen molar-refractivity contribution in [1.29, 1.82) is 0 Å². The number of fused-ring (bicyclic) bond motifs is 1. The number of rotatable bonds is 4. The SMILES string of the molecule is O=C(O)CSc1nccn1-c1ccc(Br)c2ccccc12. The maximum Gasteiger partial charge on any atom is 0.313 e. The zero-order valence-electron chi connectivity index (χ0n) is 10.9. The second kappa shape index (κ2) is 5.91. The Kier molecular flexibility index (Phi) is 3.98. The van der Waals surface area contributed by atoms with Crippen molar-refractivity contribution in [3.05, 3.63) is 53.3 Å². The van der Waals surface area contributed by atoms with Crippen LogP contribution in [-0.4, -0.2) is 26.4 Å². The molecule has 0 unspecified atom stereocenters. The fraction of sp³-hybridized carbons (Fsp3) is 0.0667. The first-order valence-electron chi connectivity index (χ1n) is 6.22. The van der Waals surface area contributed by atoms with Gasteiger partial charge in [0.2, 0.25) is 0 Å². The number of aliphatic carboxylic acids is 1. The van der Waals surface area contributed by atoms with Crippen molar-refractivity contribution < 1.29 is 9.90 Å². The number of benzene rings is 2. The van der Waals surface area contributed by atoms with Gasteiger partial charge >= 0.3 is 5.97 Å². The van der Waals surface area contributed by atoms with Gasteiger partial charge in [0.25, 0.3) is 0 Å². The van der Waals surface area contributed by atoms with Crippen LogP contribution >= 0.6 is 27.7 Å². The van der Waals surface area contributed by atoms with Gasteiger partial charge < -0.3 is 5.11 Å². The molecule has 6 heteroatoms. The number of imidazole rings is 1. The number of carboxylic acids is 1. The van der Waals surface area contributed by atoms with Crippen LogP contribution in [-0.2, 0) is 4.79 Å². The Morgan fingerprint density at radius 3 is 2.76 bits per heavy atom. The monoisotopic (exact) mass is 362 g/mol. The highest BCUT2D eigenvalue weighted by atomic mass is 79.9. The maximum atomic E-state index is 10.7. The highest BCUT2D eigenvalue weighted by molar-refractivity contribution is 9.10. The zero-order valence-corrected chi connectivity index (χ0v) is 13.3. The van der Waals surface area contributed by atoms with Crippen LogP contribution in [0.1, 0.15) is 0 Å². The molecule has 1 heterocycles. The van der Waals surface area contributed by atoms with E-state index in [9.17, 15) is 4.79 Å². The molecule has 0 saturated heterocycles. The number of carboxylic acid groups (broad SMARTS) is 1. The predicted molar refractivity (Wildman–Crippen MR) is 87.1 cm³/mol. The van der Waals surface area contributed by atoms with Crippen molar-refractivity contribution in [3.8, 4) is 5.69 Å². The van der Waals surface area contributed by atoms with Crippen molar-refractivity contribution in [2.75, 3.05) is 5.75 Å². The Hall–Kier alpha value is -1.79. The summed E-state index contributed by atoms with van der Waals surface area (Å²) in [5, 5.41) is 11.7. The van der Waals surface area contributed by atoms with Crippen LogP contribution in [0.25, 0.3) is 16.5 Å². The Labute approximate surface area is 133 Å². The smallest absolute Gasteiger partial charge is 0.313 e. The zero-order chi connectivity index (χ0) is 14.8. The van der Waals surface area contributed by atoms with Crippen LogP contribution in [0, 0.1) is 0 Å². The second-order valence-corrected chi connectivity index (χ2v) is 6.17. The number of halogens is 1. The summed E-state index contributed by atoms with van der Waals surface area (Å²) >= 11 is 4.76. The molecule has 0 aliphatic rings. The minimum Gasteiger partial charge on any atom is -0.481 e. The van der Waals surface area contributed by atoms with Gasteiger partial charge in [-0.05, 0) is 17.5 Å². The van der Waals surface area contributed by atoms with Gasteiger partial charge in [0.05, 0.1) is 11.4 Å². The van der Waals surface area contributed by atoms with E-state index in [1.165, 1.54) is 11.8 Å². The molecule has 3 aromatic rings. The summed E-state index contributed by atoms with van der Waals surface area (Å²) in [5.74, 6) is -0.860. The van der Waals surface area contributed by atoms with E-state index in [0.717, 1.165) is 20.9 Å². The lowest BCUT2D eigenvalue weighted by molar-refractivity contribution is -0.133. The molecule has 3 rings (SSSR count). The Morgan fingerprint density at radius 1 is 1.24 bits per heavy atom. The molecule has 0 radical (unpaired) electrons. The molecule has 0 bridgehead atoms. The van der Waals surface area contributed by atoms with Gasteiger partial charge in [0, 0.05) is 22.3 Å². The lowest BCUT2D eigenvalue weighted by Crippen LogP contribution is -2.01. The van der Waals surface area contributed by atoms with Crippen molar-refractivity contribution in [2.45, 2.75) is 5.16 Å². The summed E-state index contributed by atoms with van der Waals surface area (Å²) in [5.41, 5.74) is 0.985. The van der Waals surface area contributed by atoms with Crippen molar-refractivity contribution in [1.82, 2.24) is 9.55 Å². The van der Waals surface area contributed by atoms with Crippen LogP contribution in [0.5, 0.6) is 0 Å². The molecule has 0 saturated carbocycles. The number of aromatic nitrogens is 2. The largest absolute Gasteiger partial charge is 0.481 e. The first kappa shape index (κ1) is 14.2. The van der Waals surface area contributed by atoms with E-state index in [4.69, 9.17) is 5.11 Å². The van der Waals surface area contributed by atoms with Crippen molar-refractivity contribution in [2.24, 2.45) is 0 Å². The van der Waals surface area contributed by atoms with Crippen LogP contribution in [0.15, 0.2) is 58.4 Å². The minimum atomic E-state index is -0.852. The number of hydrogen-bond acceptors (Lipinski definition) is 3. The quantitative estimate of drug-likeness (QED) is 0.713. The average Bonchev–Trinajstić information content (AvgIpc) is 2.94. The Bertz CT molecular complexity index is 816. The van der Waals surface area contributed by atoms with E-state index in [1.807, 2.05) is 47.2 Å². The number of carbonyl (C=O) groups is 1. The normalized spacial score (nSPS) is 10.9. The summed E-state index contributed by atoms with van der Waals surface area (Å²) in [6, 6.07) is 12.1. The molecule has 1 N–H and O–H groups in total. The topological polar surface area (TPSA) is 55.1 Å². The van der Waals surface area contributed by atoms with Gasteiger partial charge in [-0.3, -0.25) is 9.36 Å². The van der Waals surface area contributed by atoms with Crippen LogP contribution in [0.3, 0.4) is 0 Å². The van der Waals surface area contributed by atoms with E-state index in [2.05, 4.69) is 20.9 Å². The lowest BCUT2D eigenvalue weighted by atomic mass is 10.1. The molecular weight excluding hydrogens is 352 g/mol. The van der Waals surface area contributed by atoms with Gasteiger partial charge in [-0.25, -0.2) is 4.98 Å². The van der Waals surface area contributed by atoms with Crippen LogP contribution < -0.4 is 0 Å². The molecular formula is C15H11BrN2O2S. The number of hydrogen-bond donors (Lipinski definition) is 1. The second-order valence-electron chi connectivity index (χ2n) is 4.37. The van der Waals surface area contributed by atoms with Gasteiger partial charge in [-0.2, -0.15) is 0 Å². The van der Waals surface area contributed by atoms with Crippen molar-refractivity contribution >= 4 is 44.4 Å². The highest BCUT2D eigenvalue weighted by Crippen LogP contribution is 2.31. The molecule has 2 aromatic carbocycles. The number of thioether (sulfide) groups is 1. The van der Waals surface area contributed by atoms with Gasteiger partial charge in [0.15, 0.2) is 5.16 Å². The molecule has 0 spiro atoms. The van der Waals surface area contributed by atoms with Crippen LogP contribution in [0.4, 0.5) is 0 Å². The molecule has 1 aromatic heterocycles. The Balaban J connectivity index is 2.11. The Morgan fingerprint density at radius 2 is 2.00 bits per heavy atom. The summed E-state index contributed by atoms with van der Waals surface area (Å²) in [6.07, 6.45) is 3.53. The third kappa shape index (κ3) is 2.82. The summed E-state index contributed by atoms with van der Waals surface area (Å²) in [6.45, 7) is 0. The molecule has 21 heavy (non-hydrogen) atoms. The number of nitrogens with zero attached hydrogens (tertiary/aromatic N) is 2. The minimum absolute atomic E-state index is 0.00846. The highest BCUT2D eigenvalue weighted by Gasteiger charge is 2.11. The molecule has 0 aliphatic heterocycles. The molecule has 0 atom stereocenters. The van der Waals surface area contributed by atoms with E-state index in [-0.39, 0.29) is 5.75 Å². The first-order chi connectivity index (χ1) is 10.2. The molecule has 0 amide bonds. The van der Waals surface area contributed by atoms with Crippen molar-refractivity contribution in [3.63, 3.8) is 0 Å². The van der Waals surface area contributed by atoms with Gasteiger partial charge in [-0.1, -0.05) is 52.0 Å². The fourth-order valence-electron chi connectivity index (χ4n) is 2.16. The lowest BCUT2D eigenvalue weighted by Gasteiger charge is -2.11.